The Morgan fingerprint density at radius 1 is 1.17 bits per heavy atom. The lowest BCUT2D eigenvalue weighted by Crippen LogP contribution is -2.51. The van der Waals surface area contributed by atoms with E-state index >= 15 is 0 Å². The average molecular weight is 259 g/mol. The molecule has 0 radical (unpaired) electrons. The van der Waals surface area contributed by atoms with Crippen LogP contribution >= 0.6 is 0 Å². The summed E-state index contributed by atoms with van der Waals surface area (Å²) in [7, 11) is 7.33. The molecule has 0 heterocycles. The Morgan fingerprint density at radius 3 is 2.00 bits per heavy atom. The maximum Gasteiger partial charge on any atom is 0.414 e. The molecule has 18 heavy (non-hydrogen) atoms. The lowest BCUT2D eigenvalue weighted by molar-refractivity contribution is -0.125. The van der Waals surface area contributed by atoms with Crippen molar-refractivity contribution in [2.45, 2.75) is 32.4 Å². The molecular weight excluding hydrogens is 234 g/mol. The molecule has 0 saturated heterocycles. The zero-order valence-electron chi connectivity index (χ0n) is 12.4. The van der Waals surface area contributed by atoms with Gasteiger partial charge < -0.3 is 9.64 Å². The van der Waals surface area contributed by atoms with Gasteiger partial charge in [-0.3, -0.25) is 15.0 Å². The minimum absolute atomic E-state index is 0.358. The monoisotopic (exact) mass is 259 g/mol. The van der Waals surface area contributed by atoms with Gasteiger partial charge in [0.2, 0.25) is 5.91 Å². The fourth-order valence-electron chi connectivity index (χ4n) is 1.31. The Morgan fingerprint density at radius 2 is 1.67 bits per heavy atom. The van der Waals surface area contributed by atoms with Crippen molar-refractivity contribution in [1.29, 1.82) is 0 Å². The zero-order chi connectivity index (χ0) is 14.5. The number of rotatable bonds is 4. The highest BCUT2D eigenvalue weighted by atomic mass is 16.6. The Balaban J connectivity index is 4.47. The van der Waals surface area contributed by atoms with Crippen LogP contribution in [0.15, 0.2) is 0 Å². The summed E-state index contributed by atoms with van der Waals surface area (Å²) in [5, 5.41) is 2.25. The van der Waals surface area contributed by atoms with Crippen molar-refractivity contribution in [3.05, 3.63) is 0 Å². The third-order valence-corrected chi connectivity index (χ3v) is 2.09. The Kier molecular flexibility index (Phi) is 6.28. The summed E-state index contributed by atoms with van der Waals surface area (Å²) < 4.78 is 5.04. The second-order valence-electron chi connectivity index (χ2n) is 5.73. The molecule has 0 bridgehead atoms. The number of likely N-dealkylation sites (N-methyl/N-ethyl adjacent to an activating group) is 2. The molecule has 1 N–H and O–H groups in total. The molecular formula is C12H25N3O3. The molecule has 0 aromatic rings. The van der Waals surface area contributed by atoms with Crippen molar-refractivity contribution >= 4 is 12.0 Å². The van der Waals surface area contributed by atoms with Crippen molar-refractivity contribution in [2.75, 3.05) is 34.7 Å². The van der Waals surface area contributed by atoms with Crippen molar-refractivity contribution < 1.29 is 14.3 Å². The van der Waals surface area contributed by atoms with Crippen molar-refractivity contribution in [3.8, 4) is 0 Å². The number of hydrogen-bond acceptors (Lipinski definition) is 5. The normalized spacial score (nSPS) is 13.6. The van der Waals surface area contributed by atoms with Crippen LogP contribution in [0.4, 0.5) is 4.79 Å². The van der Waals surface area contributed by atoms with Crippen LogP contribution in [0.5, 0.6) is 0 Å². The number of ether oxygens (including phenoxy) is 1. The number of nitrogens with zero attached hydrogens (tertiary/aromatic N) is 2. The van der Waals surface area contributed by atoms with Gasteiger partial charge in [0.1, 0.15) is 11.6 Å². The number of imide groups is 1. The van der Waals surface area contributed by atoms with Gasteiger partial charge >= 0.3 is 6.09 Å². The van der Waals surface area contributed by atoms with E-state index < -0.39 is 17.7 Å². The summed E-state index contributed by atoms with van der Waals surface area (Å²) in [5.41, 5.74) is -0.612. The van der Waals surface area contributed by atoms with E-state index in [9.17, 15) is 9.59 Å². The summed E-state index contributed by atoms with van der Waals surface area (Å²) >= 11 is 0. The number of alkyl carbamates (subject to hydrolysis) is 1. The van der Waals surface area contributed by atoms with E-state index in [1.54, 1.807) is 39.8 Å². The first-order chi connectivity index (χ1) is 8.03. The summed E-state index contributed by atoms with van der Waals surface area (Å²) in [4.78, 5) is 27.1. The number of carbonyl (C=O) groups is 2. The van der Waals surface area contributed by atoms with Crippen molar-refractivity contribution in [2.24, 2.45) is 0 Å². The van der Waals surface area contributed by atoms with Gasteiger partial charge in [0, 0.05) is 6.54 Å². The lowest BCUT2D eigenvalue weighted by atomic mass is 10.2. The third-order valence-electron chi connectivity index (χ3n) is 2.09. The molecule has 6 heteroatoms. The maximum atomic E-state index is 11.9. The molecule has 0 aliphatic heterocycles. The van der Waals surface area contributed by atoms with E-state index in [1.807, 2.05) is 19.0 Å². The smallest absolute Gasteiger partial charge is 0.414 e. The van der Waals surface area contributed by atoms with Gasteiger partial charge in [0.15, 0.2) is 0 Å². The van der Waals surface area contributed by atoms with Gasteiger partial charge in [0.05, 0.1) is 0 Å². The van der Waals surface area contributed by atoms with Gasteiger partial charge in [-0.1, -0.05) is 0 Å². The molecule has 0 rings (SSSR count). The van der Waals surface area contributed by atoms with Crippen LogP contribution in [0.3, 0.4) is 0 Å². The van der Waals surface area contributed by atoms with E-state index in [4.69, 9.17) is 4.74 Å². The molecule has 2 amide bonds. The Hall–Kier alpha value is -1.14. The molecule has 1 atom stereocenters. The molecule has 106 valence electrons. The first-order valence-corrected chi connectivity index (χ1v) is 5.88. The first kappa shape index (κ1) is 16.9. The van der Waals surface area contributed by atoms with Gasteiger partial charge in [0.25, 0.3) is 0 Å². The highest BCUT2D eigenvalue weighted by Crippen LogP contribution is 2.06. The second-order valence-corrected chi connectivity index (χ2v) is 5.73. The topological polar surface area (TPSA) is 61.9 Å². The first-order valence-electron chi connectivity index (χ1n) is 5.88. The van der Waals surface area contributed by atoms with Crippen LogP contribution in [0.25, 0.3) is 0 Å². The van der Waals surface area contributed by atoms with Crippen molar-refractivity contribution in [3.63, 3.8) is 0 Å². The van der Waals surface area contributed by atoms with Gasteiger partial charge in [-0.05, 0) is 49.0 Å². The standard InChI is InChI=1S/C12H25N3O3/c1-12(2,3)18-11(17)13-10(16)9(15(6)7)8-14(4)5/h9H,8H2,1-7H3,(H,13,16,17)/t9-/m0/s1. The van der Waals surface area contributed by atoms with Crippen LogP contribution in [0.2, 0.25) is 0 Å². The van der Waals surface area contributed by atoms with E-state index in [0.717, 1.165) is 0 Å². The van der Waals surface area contributed by atoms with E-state index in [1.165, 1.54) is 0 Å². The largest absolute Gasteiger partial charge is 0.444 e. The van der Waals surface area contributed by atoms with Gasteiger partial charge in [-0.15, -0.1) is 0 Å². The summed E-state index contributed by atoms with van der Waals surface area (Å²) in [6, 6.07) is -0.396. The predicted octanol–water partition coefficient (Wildman–Crippen LogP) is 0.530. The zero-order valence-corrected chi connectivity index (χ0v) is 12.4. The second kappa shape index (κ2) is 6.70. The summed E-state index contributed by atoms with van der Waals surface area (Å²) in [6.07, 6.45) is -0.710. The number of nitrogens with one attached hydrogen (secondary N) is 1. The summed E-state index contributed by atoms with van der Waals surface area (Å²) in [5.74, 6) is -0.358. The summed E-state index contributed by atoms with van der Waals surface area (Å²) in [6.45, 7) is 5.78. The van der Waals surface area contributed by atoms with E-state index in [-0.39, 0.29) is 5.91 Å². The molecule has 0 aliphatic rings. The Bertz CT molecular complexity index is 295. The highest BCUT2D eigenvalue weighted by Gasteiger charge is 2.25. The van der Waals surface area contributed by atoms with Crippen molar-refractivity contribution in [1.82, 2.24) is 15.1 Å². The molecule has 6 nitrogen and oxygen atoms in total. The molecule has 0 aromatic heterocycles. The van der Waals surface area contributed by atoms with Crippen LogP contribution < -0.4 is 5.32 Å². The average Bonchev–Trinajstić information content (AvgIpc) is 2.09. The maximum absolute atomic E-state index is 11.9. The Labute approximate surface area is 109 Å². The fourth-order valence-corrected chi connectivity index (χ4v) is 1.31. The number of amides is 2. The SMILES string of the molecule is CN(C)C[C@@H](C(=O)NC(=O)OC(C)(C)C)N(C)C. The number of hydrogen-bond donors (Lipinski definition) is 1. The van der Waals surface area contributed by atoms with E-state index in [2.05, 4.69) is 5.32 Å². The molecule has 0 unspecified atom stereocenters. The molecule has 0 aliphatic carbocycles. The highest BCUT2D eigenvalue weighted by molar-refractivity contribution is 5.95. The number of carbonyl (C=O) groups excluding carboxylic acids is 2. The van der Waals surface area contributed by atoms with Gasteiger partial charge in [-0.25, -0.2) is 4.79 Å². The van der Waals surface area contributed by atoms with Crippen LogP contribution in [-0.2, 0) is 9.53 Å². The molecule has 0 saturated carbocycles. The molecule has 0 spiro atoms. The van der Waals surface area contributed by atoms with Crippen LogP contribution in [-0.4, -0.2) is 68.2 Å². The minimum Gasteiger partial charge on any atom is -0.444 e. The van der Waals surface area contributed by atoms with Crippen LogP contribution in [0.1, 0.15) is 20.8 Å². The quantitative estimate of drug-likeness (QED) is 0.798. The fraction of sp³-hybridized carbons (Fsp3) is 0.833. The van der Waals surface area contributed by atoms with E-state index in [0.29, 0.717) is 6.54 Å². The minimum atomic E-state index is -0.710. The predicted molar refractivity (Wildman–Crippen MR) is 70.4 cm³/mol. The molecule has 0 aromatic carbocycles. The van der Waals surface area contributed by atoms with Crippen LogP contribution in [0, 0.1) is 0 Å². The molecule has 0 fully saturated rings. The third kappa shape index (κ3) is 7.24. The van der Waals surface area contributed by atoms with Gasteiger partial charge in [-0.2, -0.15) is 0 Å². The lowest BCUT2D eigenvalue weighted by Gasteiger charge is -2.26.